The Balaban J connectivity index is 1.37. The number of nitrogens with one attached hydrogen (secondary N) is 2. The molecule has 2 aromatic carbocycles. The third-order valence-electron chi connectivity index (χ3n) is 4.27. The maximum Gasteiger partial charge on any atom is 0.471 e. The number of carbonyl (C=O) groups is 1. The maximum absolute atomic E-state index is 13.6. The van der Waals surface area contributed by atoms with E-state index >= 15 is 0 Å². The first-order chi connectivity index (χ1) is 15.3. The molecule has 4 rings (SSSR count). The van der Waals surface area contributed by atoms with E-state index in [0.717, 1.165) is 0 Å². The number of halogens is 4. The third-order valence-corrected chi connectivity index (χ3v) is 4.27. The molecule has 4 aromatic rings. The van der Waals surface area contributed by atoms with Gasteiger partial charge in [-0.1, -0.05) is 17.3 Å². The molecule has 2 N–H and O–H groups in total. The molecule has 0 aliphatic heterocycles. The van der Waals surface area contributed by atoms with Crippen molar-refractivity contribution in [1.29, 1.82) is 0 Å². The molecule has 0 aliphatic rings. The van der Waals surface area contributed by atoms with Crippen molar-refractivity contribution in [3.05, 3.63) is 78.2 Å². The van der Waals surface area contributed by atoms with E-state index in [0.29, 0.717) is 16.8 Å². The Morgan fingerprint density at radius 3 is 2.53 bits per heavy atom. The average Bonchev–Trinajstić information content (AvgIpc) is 3.44. The summed E-state index contributed by atoms with van der Waals surface area (Å²) in [6.07, 6.45) is -1.52. The van der Waals surface area contributed by atoms with Crippen LogP contribution in [-0.4, -0.2) is 26.0 Å². The first kappa shape index (κ1) is 21.0. The molecule has 12 heteroatoms. The zero-order valence-electron chi connectivity index (χ0n) is 16.1. The van der Waals surface area contributed by atoms with Gasteiger partial charge < -0.3 is 15.2 Å². The van der Waals surface area contributed by atoms with E-state index in [1.165, 1.54) is 41.2 Å². The van der Waals surface area contributed by atoms with Gasteiger partial charge in [0.05, 0.1) is 17.6 Å². The van der Waals surface area contributed by atoms with Crippen LogP contribution in [0.4, 0.5) is 28.0 Å². The highest BCUT2D eigenvalue weighted by atomic mass is 19.4. The van der Waals surface area contributed by atoms with Crippen molar-refractivity contribution in [1.82, 2.24) is 25.2 Å². The lowest BCUT2D eigenvalue weighted by Gasteiger charge is -2.07. The van der Waals surface area contributed by atoms with Gasteiger partial charge in [-0.05, 0) is 36.4 Å². The normalized spacial score (nSPS) is 11.4. The maximum atomic E-state index is 13.6. The minimum Gasteiger partial charge on any atom is -0.334 e. The SMILES string of the molecule is O=C(NCc1cnn(-c2ccc(-c3noc(C(F)(F)F)n3)cc2)c1)Nc1ccccc1F. The Morgan fingerprint density at radius 2 is 1.84 bits per heavy atom. The van der Waals surface area contributed by atoms with Gasteiger partial charge >= 0.3 is 18.1 Å². The van der Waals surface area contributed by atoms with Gasteiger partial charge in [-0.2, -0.15) is 23.3 Å². The zero-order valence-corrected chi connectivity index (χ0v) is 16.1. The predicted molar refractivity (Wildman–Crippen MR) is 104 cm³/mol. The highest BCUT2D eigenvalue weighted by Gasteiger charge is 2.38. The number of aromatic nitrogens is 4. The average molecular weight is 446 g/mol. The predicted octanol–water partition coefficient (Wildman–Crippen LogP) is 4.40. The van der Waals surface area contributed by atoms with Crippen LogP contribution in [0.15, 0.2) is 65.4 Å². The summed E-state index contributed by atoms with van der Waals surface area (Å²) in [5.41, 5.74) is 1.69. The molecule has 0 unspecified atom stereocenters. The number of anilines is 1. The Labute approximate surface area is 177 Å². The van der Waals surface area contributed by atoms with E-state index in [4.69, 9.17) is 0 Å². The molecule has 0 radical (unpaired) electrons. The van der Waals surface area contributed by atoms with Crippen LogP contribution in [0.3, 0.4) is 0 Å². The first-order valence-corrected chi connectivity index (χ1v) is 9.14. The second-order valence-electron chi connectivity index (χ2n) is 6.55. The van der Waals surface area contributed by atoms with Gasteiger partial charge in [0.2, 0.25) is 5.82 Å². The summed E-state index contributed by atoms with van der Waals surface area (Å²) in [6.45, 7) is 0.140. The van der Waals surface area contributed by atoms with Crippen LogP contribution in [0.25, 0.3) is 17.1 Å². The molecular formula is C20H14F4N6O2. The topological polar surface area (TPSA) is 97.9 Å². The fraction of sp³-hybridized carbons (Fsp3) is 0.100. The van der Waals surface area contributed by atoms with Crippen molar-refractivity contribution in [3.8, 4) is 17.1 Å². The van der Waals surface area contributed by atoms with Crippen LogP contribution in [-0.2, 0) is 12.7 Å². The lowest BCUT2D eigenvalue weighted by atomic mass is 10.2. The Bertz CT molecular complexity index is 1230. The monoisotopic (exact) mass is 446 g/mol. The van der Waals surface area contributed by atoms with Gasteiger partial charge in [0, 0.05) is 23.9 Å². The van der Waals surface area contributed by atoms with Crippen molar-refractivity contribution < 1.29 is 26.9 Å². The summed E-state index contributed by atoms with van der Waals surface area (Å²) in [7, 11) is 0. The number of benzene rings is 2. The van der Waals surface area contributed by atoms with Crippen LogP contribution in [0.2, 0.25) is 0 Å². The molecule has 32 heavy (non-hydrogen) atoms. The van der Waals surface area contributed by atoms with Crippen molar-refractivity contribution in [2.24, 2.45) is 0 Å². The summed E-state index contributed by atoms with van der Waals surface area (Å²) < 4.78 is 57.1. The van der Waals surface area contributed by atoms with Crippen LogP contribution in [0.5, 0.6) is 0 Å². The van der Waals surface area contributed by atoms with Gasteiger partial charge in [0.15, 0.2) is 0 Å². The number of nitrogens with zero attached hydrogens (tertiary/aromatic N) is 4. The minimum absolute atomic E-state index is 0.0599. The van der Waals surface area contributed by atoms with E-state index in [1.807, 2.05) is 0 Å². The lowest BCUT2D eigenvalue weighted by Crippen LogP contribution is -2.28. The van der Waals surface area contributed by atoms with E-state index < -0.39 is 23.9 Å². The number of para-hydroxylation sites is 1. The molecule has 0 bridgehead atoms. The van der Waals surface area contributed by atoms with Gasteiger partial charge in [-0.3, -0.25) is 0 Å². The third kappa shape index (κ3) is 4.74. The molecule has 164 valence electrons. The van der Waals surface area contributed by atoms with Crippen molar-refractivity contribution >= 4 is 11.7 Å². The highest BCUT2D eigenvalue weighted by Crippen LogP contribution is 2.29. The number of hydrogen-bond donors (Lipinski definition) is 2. The number of rotatable bonds is 5. The number of alkyl halides is 3. The van der Waals surface area contributed by atoms with Crippen LogP contribution in [0, 0.1) is 5.82 Å². The fourth-order valence-corrected chi connectivity index (χ4v) is 2.72. The van der Waals surface area contributed by atoms with Crippen LogP contribution >= 0.6 is 0 Å². The molecule has 0 atom stereocenters. The molecule has 2 aromatic heterocycles. The van der Waals surface area contributed by atoms with Gasteiger partial charge in [-0.15, -0.1) is 0 Å². The molecule has 0 saturated carbocycles. The summed E-state index contributed by atoms with van der Waals surface area (Å²) >= 11 is 0. The van der Waals surface area contributed by atoms with Gasteiger partial charge in [-0.25, -0.2) is 13.9 Å². The molecule has 0 spiro atoms. The second-order valence-corrected chi connectivity index (χ2v) is 6.55. The Hall–Kier alpha value is -4.22. The van der Waals surface area contributed by atoms with Crippen LogP contribution in [0.1, 0.15) is 11.5 Å². The number of carbonyl (C=O) groups excluding carboxylic acids is 1. The number of amides is 2. The Kier molecular flexibility index (Phi) is 5.58. The lowest BCUT2D eigenvalue weighted by molar-refractivity contribution is -0.159. The van der Waals surface area contributed by atoms with E-state index in [9.17, 15) is 22.4 Å². The van der Waals surface area contributed by atoms with Crippen LogP contribution < -0.4 is 10.6 Å². The van der Waals surface area contributed by atoms with Crippen molar-refractivity contribution in [2.75, 3.05) is 5.32 Å². The van der Waals surface area contributed by atoms with Gasteiger partial charge in [0.25, 0.3) is 0 Å². The molecular weight excluding hydrogens is 432 g/mol. The Morgan fingerprint density at radius 1 is 1.09 bits per heavy atom. The first-order valence-electron chi connectivity index (χ1n) is 9.14. The van der Waals surface area contributed by atoms with Crippen molar-refractivity contribution in [2.45, 2.75) is 12.7 Å². The summed E-state index contributed by atoms with van der Waals surface area (Å²) in [4.78, 5) is 15.3. The molecule has 0 aliphatic carbocycles. The molecule has 0 fully saturated rings. The summed E-state index contributed by atoms with van der Waals surface area (Å²) in [5.74, 6) is -2.15. The molecule has 0 saturated heterocycles. The largest absolute Gasteiger partial charge is 0.471 e. The smallest absolute Gasteiger partial charge is 0.334 e. The standard InChI is InChI=1S/C20H14F4N6O2/c21-15-3-1-2-4-16(15)27-19(31)25-9-12-10-26-30(11-12)14-7-5-13(6-8-14)17-28-18(32-29-17)20(22,23)24/h1-8,10-11H,9H2,(H2,25,27,31). The number of urea groups is 1. The fourth-order valence-electron chi connectivity index (χ4n) is 2.72. The molecule has 2 amide bonds. The number of hydrogen-bond acceptors (Lipinski definition) is 5. The van der Waals surface area contributed by atoms with Crippen molar-refractivity contribution in [3.63, 3.8) is 0 Å². The van der Waals surface area contributed by atoms with Gasteiger partial charge in [0.1, 0.15) is 5.82 Å². The summed E-state index contributed by atoms with van der Waals surface area (Å²) in [5, 5.41) is 12.5. The quantitative estimate of drug-likeness (QED) is 0.443. The van der Waals surface area contributed by atoms with E-state index in [1.54, 1.807) is 24.4 Å². The summed E-state index contributed by atoms with van der Waals surface area (Å²) in [6, 6.07) is 11.5. The molecule has 2 heterocycles. The molecule has 8 nitrogen and oxygen atoms in total. The zero-order chi connectivity index (χ0) is 22.7. The highest BCUT2D eigenvalue weighted by molar-refractivity contribution is 5.89. The van der Waals surface area contributed by atoms with E-state index in [2.05, 4.69) is 30.4 Å². The second kappa shape index (κ2) is 8.49. The van der Waals surface area contributed by atoms with E-state index in [-0.39, 0.29) is 18.1 Å². The minimum atomic E-state index is -4.71.